The molecule has 1 saturated heterocycles. The van der Waals surface area contributed by atoms with Gasteiger partial charge in [-0.1, -0.05) is 51.1 Å². The number of carbonyl (C=O) groups excluding carboxylic acids is 2. The molecule has 0 aliphatic carbocycles. The summed E-state index contributed by atoms with van der Waals surface area (Å²) in [4.78, 5) is 26.6. The fourth-order valence-corrected chi connectivity index (χ4v) is 3.14. The molecular formula is C19H27NO3. The maximum Gasteiger partial charge on any atom is 0.417 e. The van der Waals surface area contributed by atoms with Crippen molar-refractivity contribution in [1.29, 1.82) is 0 Å². The maximum atomic E-state index is 12.9. The van der Waals surface area contributed by atoms with Crippen molar-refractivity contribution in [3.63, 3.8) is 0 Å². The Hall–Kier alpha value is -1.84. The number of hydrogen-bond acceptors (Lipinski definition) is 3. The highest BCUT2D eigenvalue weighted by Crippen LogP contribution is 2.32. The molecule has 2 atom stereocenters. The van der Waals surface area contributed by atoms with Gasteiger partial charge in [0.15, 0.2) is 0 Å². The van der Waals surface area contributed by atoms with Crippen molar-refractivity contribution in [2.45, 2.75) is 59.1 Å². The van der Waals surface area contributed by atoms with Crippen LogP contribution in [0.25, 0.3) is 0 Å². The summed E-state index contributed by atoms with van der Waals surface area (Å²) in [5.74, 6) is -0.199. The predicted octanol–water partition coefficient (Wildman–Crippen LogP) is 4.04. The monoisotopic (exact) mass is 317 g/mol. The first-order valence-electron chi connectivity index (χ1n) is 8.31. The molecule has 4 heteroatoms. The zero-order valence-electron chi connectivity index (χ0n) is 14.7. The van der Waals surface area contributed by atoms with E-state index in [1.165, 1.54) is 4.90 Å². The lowest BCUT2D eigenvalue weighted by Gasteiger charge is -2.44. The number of amides is 2. The fraction of sp³-hybridized carbons (Fsp3) is 0.579. The highest BCUT2D eigenvalue weighted by molar-refractivity contribution is 5.94. The second-order valence-corrected chi connectivity index (χ2v) is 7.44. The molecule has 0 N–H and O–H groups in total. The Kier molecular flexibility index (Phi) is 5.12. The highest BCUT2D eigenvalue weighted by Gasteiger charge is 2.45. The highest BCUT2D eigenvalue weighted by atomic mass is 16.6. The van der Waals surface area contributed by atoms with Gasteiger partial charge in [-0.15, -0.1) is 0 Å². The van der Waals surface area contributed by atoms with E-state index in [0.717, 1.165) is 5.56 Å². The van der Waals surface area contributed by atoms with Crippen molar-refractivity contribution in [2.75, 3.05) is 0 Å². The summed E-state index contributed by atoms with van der Waals surface area (Å²) in [6.07, 6.45) is 0.780. The van der Waals surface area contributed by atoms with Gasteiger partial charge >= 0.3 is 6.09 Å². The van der Waals surface area contributed by atoms with Gasteiger partial charge in [-0.3, -0.25) is 4.79 Å². The molecule has 1 heterocycles. The Labute approximate surface area is 138 Å². The third-order valence-corrected chi connectivity index (χ3v) is 4.41. The third kappa shape index (κ3) is 4.12. The van der Waals surface area contributed by atoms with E-state index in [4.69, 9.17) is 4.74 Å². The molecule has 1 aromatic carbocycles. The summed E-state index contributed by atoms with van der Waals surface area (Å²) in [6.45, 7) is 9.76. The lowest BCUT2D eigenvalue weighted by Crippen LogP contribution is -2.58. The minimum Gasteiger partial charge on any atom is -0.443 e. The summed E-state index contributed by atoms with van der Waals surface area (Å²) in [5, 5.41) is 0. The van der Waals surface area contributed by atoms with Crippen LogP contribution in [0.15, 0.2) is 30.3 Å². The summed E-state index contributed by atoms with van der Waals surface area (Å²) >= 11 is 0. The van der Waals surface area contributed by atoms with Crippen LogP contribution in [0.5, 0.6) is 0 Å². The molecule has 1 aliphatic heterocycles. The van der Waals surface area contributed by atoms with Gasteiger partial charge in [0.2, 0.25) is 5.91 Å². The molecule has 0 aromatic heterocycles. The van der Waals surface area contributed by atoms with E-state index in [2.05, 4.69) is 0 Å². The van der Waals surface area contributed by atoms with Crippen LogP contribution in [0.2, 0.25) is 0 Å². The molecule has 126 valence electrons. The first kappa shape index (κ1) is 17.5. The molecule has 1 aliphatic rings. The molecule has 2 amide bonds. The van der Waals surface area contributed by atoms with Gasteiger partial charge in [0.25, 0.3) is 0 Å². The summed E-state index contributed by atoms with van der Waals surface area (Å²) in [6, 6.07) is 9.76. The summed E-state index contributed by atoms with van der Waals surface area (Å²) < 4.78 is 5.45. The van der Waals surface area contributed by atoms with E-state index in [1.807, 2.05) is 65.0 Å². The smallest absolute Gasteiger partial charge is 0.417 e. The van der Waals surface area contributed by atoms with Gasteiger partial charge in [0.1, 0.15) is 5.60 Å². The Morgan fingerprint density at radius 2 is 1.87 bits per heavy atom. The van der Waals surface area contributed by atoms with Gasteiger partial charge in [0, 0.05) is 18.4 Å². The second-order valence-electron chi connectivity index (χ2n) is 7.44. The lowest BCUT2D eigenvalue weighted by atomic mass is 9.88. The normalized spacial score (nSPS) is 21.9. The zero-order valence-corrected chi connectivity index (χ0v) is 14.7. The predicted molar refractivity (Wildman–Crippen MR) is 90.0 cm³/mol. The minimum atomic E-state index is -0.522. The molecule has 1 aromatic rings. The van der Waals surface area contributed by atoms with Crippen molar-refractivity contribution in [3.05, 3.63) is 35.9 Å². The van der Waals surface area contributed by atoms with Crippen LogP contribution in [-0.2, 0) is 16.0 Å². The van der Waals surface area contributed by atoms with Crippen LogP contribution >= 0.6 is 0 Å². The molecule has 0 radical (unpaired) electrons. The first-order chi connectivity index (χ1) is 10.7. The lowest BCUT2D eigenvalue weighted by molar-refractivity contribution is -0.143. The van der Waals surface area contributed by atoms with E-state index in [1.54, 1.807) is 0 Å². The number of cyclic esters (lactones) is 1. The van der Waals surface area contributed by atoms with E-state index in [0.29, 0.717) is 12.8 Å². The summed E-state index contributed by atoms with van der Waals surface area (Å²) in [7, 11) is 0. The first-order valence-corrected chi connectivity index (χ1v) is 8.31. The van der Waals surface area contributed by atoms with Crippen molar-refractivity contribution in [2.24, 2.45) is 11.8 Å². The van der Waals surface area contributed by atoms with E-state index < -0.39 is 11.7 Å². The minimum absolute atomic E-state index is 0.114. The topological polar surface area (TPSA) is 46.6 Å². The number of ether oxygens (including phenoxy) is 1. The number of hydrogen-bond donors (Lipinski definition) is 0. The number of imide groups is 1. The van der Waals surface area contributed by atoms with E-state index in [9.17, 15) is 9.59 Å². The largest absolute Gasteiger partial charge is 0.443 e. The molecule has 23 heavy (non-hydrogen) atoms. The third-order valence-electron chi connectivity index (χ3n) is 4.41. The van der Waals surface area contributed by atoms with Crippen LogP contribution in [0.4, 0.5) is 4.79 Å². The van der Waals surface area contributed by atoms with Crippen LogP contribution in [0.3, 0.4) is 0 Å². The number of benzene rings is 1. The number of carbonyl (C=O) groups is 2. The Morgan fingerprint density at radius 1 is 1.26 bits per heavy atom. The molecule has 2 rings (SSSR count). The van der Waals surface area contributed by atoms with Gasteiger partial charge < -0.3 is 4.74 Å². The van der Waals surface area contributed by atoms with Crippen LogP contribution in [0, 0.1) is 11.8 Å². The molecule has 0 unspecified atom stereocenters. The van der Waals surface area contributed by atoms with Crippen LogP contribution < -0.4 is 0 Å². The van der Waals surface area contributed by atoms with Crippen molar-refractivity contribution in [3.8, 4) is 0 Å². The van der Waals surface area contributed by atoms with E-state index >= 15 is 0 Å². The zero-order chi connectivity index (χ0) is 17.2. The molecule has 4 nitrogen and oxygen atoms in total. The molecule has 0 saturated carbocycles. The van der Waals surface area contributed by atoms with Crippen LogP contribution in [0.1, 0.15) is 46.6 Å². The standard InChI is InChI=1S/C19H27NO3/c1-13(2)16-12-19(4,5)23-18(22)20(16)17(21)14(3)11-15-9-7-6-8-10-15/h6-10,13-14,16H,11-12H2,1-5H3/t14-,16+/m0/s1. The average molecular weight is 317 g/mol. The summed E-state index contributed by atoms with van der Waals surface area (Å²) in [5.41, 5.74) is 0.575. The van der Waals surface area contributed by atoms with Crippen molar-refractivity contribution >= 4 is 12.0 Å². The SMILES string of the molecule is CC(C)[C@H]1CC(C)(C)OC(=O)N1C(=O)[C@@H](C)Cc1ccccc1. The van der Waals surface area contributed by atoms with Crippen molar-refractivity contribution in [1.82, 2.24) is 4.90 Å². The van der Waals surface area contributed by atoms with Gasteiger partial charge in [-0.2, -0.15) is 0 Å². The molecular weight excluding hydrogens is 290 g/mol. The van der Waals surface area contributed by atoms with Gasteiger partial charge in [0.05, 0.1) is 0 Å². The average Bonchev–Trinajstić information content (AvgIpc) is 2.45. The van der Waals surface area contributed by atoms with Crippen molar-refractivity contribution < 1.29 is 14.3 Å². The Morgan fingerprint density at radius 3 is 2.43 bits per heavy atom. The molecule has 1 fully saturated rings. The molecule has 0 spiro atoms. The second kappa shape index (κ2) is 6.73. The number of rotatable bonds is 4. The van der Waals surface area contributed by atoms with Crippen LogP contribution in [-0.4, -0.2) is 28.5 Å². The van der Waals surface area contributed by atoms with Gasteiger partial charge in [-0.05, 0) is 31.7 Å². The molecule has 0 bridgehead atoms. The Balaban J connectivity index is 2.16. The fourth-order valence-electron chi connectivity index (χ4n) is 3.14. The van der Waals surface area contributed by atoms with E-state index in [-0.39, 0.29) is 23.8 Å². The van der Waals surface area contributed by atoms with Gasteiger partial charge in [-0.25, -0.2) is 9.69 Å². The number of nitrogens with zero attached hydrogens (tertiary/aromatic N) is 1. The quantitative estimate of drug-likeness (QED) is 0.842. The Bertz CT molecular complexity index is 565. The maximum absolute atomic E-state index is 12.9.